The van der Waals surface area contributed by atoms with Crippen LogP contribution in [0.1, 0.15) is 18.5 Å². The Morgan fingerprint density at radius 3 is 2.42 bits per heavy atom. The summed E-state index contributed by atoms with van der Waals surface area (Å²) in [6.45, 7) is 2.06. The Balaban J connectivity index is 1.58. The van der Waals surface area contributed by atoms with Gasteiger partial charge in [-0.25, -0.2) is 9.37 Å². The summed E-state index contributed by atoms with van der Waals surface area (Å²) in [6.07, 6.45) is 0. The van der Waals surface area contributed by atoms with Crippen molar-refractivity contribution in [3.63, 3.8) is 0 Å². The normalized spacial score (nSPS) is 11.6. The highest BCUT2D eigenvalue weighted by atomic mass is 32.1. The number of hydrogen-bond donors (Lipinski definition) is 1. The lowest BCUT2D eigenvalue weighted by Gasteiger charge is -2.23. The van der Waals surface area contributed by atoms with E-state index in [1.165, 1.54) is 23.5 Å². The molecule has 3 aromatic carbocycles. The highest BCUT2D eigenvalue weighted by molar-refractivity contribution is 7.14. The zero-order valence-corrected chi connectivity index (χ0v) is 19.2. The van der Waals surface area contributed by atoms with Crippen molar-refractivity contribution in [2.45, 2.75) is 13.0 Å². The molecule has 7 heteroatoms. The summed E-state index contributed by atoms with van der Waals surface area (Å²) in [7, 11) is 1.61. The van der Waals surface area contributed by atoms with Gasteiger partial charge in [0.1, 0.15) is 18.1 Å². The predicted octanol–water partition coefficient (Wildman–Crippen LogP) is 5.97. The number of nitrogens with one attached hydrogen (secondary N) is 1. The lowest BCUT2D eigenvalue weighted by atomic mass is 10.1. The molecule has 0 saturated heterocycles. The molecule has 0 unspecified atom stereocenters. The molecule has 1 aromatic heterocycles. The molecule has 0 fully saturated rings. The molecule has 0 radical (unpaired) electrons. The maximum atomic E-state index is 13.3. The van der Waals surface area contributed by atoms with Gasteiger partial charge >= 0.3 is 0 Å². The Morgan fingerprint density at radius 2 is 1.76 bits per heavy atom. The zero-order chi connectivity index (χ0) is 23.2. The number of nitrogens with zero attached hydrogens (tertiary/aromatic N) is 2. The summed E-state index contributed by atoms with van der Waals surface area (Å²) >= 11 is 1.43. The van der Waals surface area contributed by atoms with Crippen LogP contribution >= 0.6 is 11.3 Å². The van der Waals surface area contributed by atoms with E-state index in [1.54, 1.807) is 19.2 Å². The van der Waals surface area contributed by atoms with E-state index in [0.717, 1.165) is 28.3 Å². The Morgan fingerprint density at radius 1 is 1.06 bits per heavy atom. The van der Waals surface area contributed by atoms with Crippen LogP contribution in [0.15, 0.2) is 84.2 Å². The van der Waals surface area contributed by atoms with Gasteiger partial charge in [0.05, 0.1) is 18.8 Å². The minimum atomic E-state index is -0.293. The van der Waals surface area contributed by atoms with Crippen molar-refractivity contribution < 1.29 is 13.9 Å². The van der Waals surface area contributed by atoms with E-state index < -0.39 is 0 Å². The molecule has 5 nitrogen and oxygen atoms in total. The molecule has 0 saturated carbocycles. The number of benzene rings is 3. The molecule has 0 aliphatic heterocycles. The van der Waals surface area contributed by atoms with Crippen LogP contribution in [0.2, 0.25) is 0 Å². The average Bonchev–Trinajstić information content (AvgIpc) is 3.33. The van der Waals surface area contributed by atoms with Gasteiger partial charge in [0.2, 0.25) is 5.91 Å². The van der Waals surface area contributed by atoms with E-state index in [9.17, 15) is 9.18 Å². The first-order valence-corrected chi connectivity index (χ1v) is 11.4. The second kappa shape index (κ2) is 10.3. The number of amides is 1. The fraction of sp³-hybridized carbons (Fsp3) is 0.154. The number of aromatic nitrogens is 1. The Labute approximate surface area is 196 Å². The number of anilines is 2. The second-order valence-electron chi connectivity index (χ2n) is 7.51. The van der Waals surface area contributed by atoms with E-state index in [0.29, 0.717) is 5.13 Å². The van der Waals surface area contributed by atoms with E-state index >= 15 is 0 Å². The van der Waals surface area contributed by atoms with E-state index in [1.807, 2.05) is 71.8 Å². The van der Waals surface area contributed by atoms with Gasteiger partial charge in [-0.1, -0.05) is 30.3 Å². The average molecular weight is 462 g/mol. The van der Waals surface area contributed by atoms with Crippen LogP contribution in [0.4, 0.5) is 15.2 Å². The summed E-state index contributed by atoms with van der Waals surface area (Å²) < 4.78 is 18.6. The number of methoxy groups -OCH3 is 1. The minimum absolute atomic E-state index is 0.0971. The van der Waals surface area contributed by atoms with Crippen molar-refractivity contribution in [3.05, 3.63) is 95.6 Å². The van der Waals surface area contributed by atoms with Gasteiger partial charge in [0.25, 0.3) is 0 Å². The summed E-state index contributed by atoms with van der Waals surface area (Å²) in [6, 6.07) is 23.4. The molecule has 0 aliphatic carbocycles. The van der Waals surface area contributed by atoms with Gasteiger partial charge in [-0.15, -0.1) is 11.3 Å². The van der Waals surface area contributed by atoms with Gasteiger partial charge in [-0.2, -0.15) is 0 Å². The number of thiazole rings is 1. The zero-order valence-electron chi connectivity index (χ0n) is 18.4. The second-order valence-corrected chi connectivity index (χ2v) is 8.34. The standard InChI is InChI=1S/C26H24FN3O2S/c1-18(19-6-4-3-5-7-19)28-25(31)16-30(22-12-14-23(32-2)15-13-22)26-29-24(17-33-26)20-8-10-21(27)11-9-20/h3-15,17-18H,16H2,1-2H3,(H,28,31)/t18-/m0/s1. The number of carbonyl (C=O) groups excluding carboxylic acids is 1. The number of halogens is 1. The van der Waals surface area contributed by atoms with Gasteiger partial charge in [-0.05, 0) is 61.0 Å². The van der Waals surface area contributed by atoms with Crippen molar-refractivity contribution >= 4 is 28.1 Å². The molecule has 1 amide bonds. The minimum Gasteiger partial charge on any atom is -0.497 e. The molecule has 1 atom stereocenters. The number of ether oxygens (including phenoxy) is 1. The highest BCUT2D eigenvalue weighted by Gasteiger charge is 2.19. The molecule has 1 N–H and O–H groups in total. The molecule has 0 aliphatic rings. The lowest BCUT2D eigenvalue weighted by Crippen LogP contribution is -2.36. The summed E-state index contributed by atoms with van der Waals surface area (Å²) in [5, 5.41) is 5.64. The van der Waals surface area contributed by atoms with Crippen LogP contribution in [0.5, 0.6) is 5.75 Å². The molecule has 4 aromatic rings. The largest absolute Gasteiger partial charge is 0.497 e. The summed E-state index contributed by atoms with van der Waals surface area (Å²) in [5.74, 6) is 0.311. The van der Waals surface area contributed by atoms with Crippen molar-refractivity contribution in [3.8, 4) is 17.0 Å². The number of carbonyl (C=O) groups is 1. The highest BCUT2D eigenvalue weighted by Crippen LogP contribution is 2.33. The molecular weight excluding hydrogens is 437 g/mol. The smallest absolute Gasteiger partial charge is 0.240 e. The first-order valence-electron chi connectivity index (χ1n) is 10.5. The molecule has 168 valence electrons. The third-order valence-corrected chi connectivity index (χ3v) is 6.09. The maximum absolute atomic E-state index is 13.3. The van der Waals surface area contributed by atoms with Crippen LogP contribution in [0, 0.1) is 5.82 Å². The first-order chi connectivity index (χ1) is 16.0. The van der Waals surface area contributed by atoms with Gasteiger partial charge in [0, 0.05) is 16.6 Å². The van der Waals surface area contributed by atoms with Crippen molar-refractivity contribution in [2.75, 3.05) is 18.6 Å². The van der Waals surface area contributed by atoms with Gasteiger partial charge in [0.15, 0.2) is 5.13 Å². The van der Waals surface area contributed by atoms with Crippen LogP contribution in [0.25, 0.3) is 11.3 Å². The number of hydrogen-bond acceptors (Lipinski definition) is 5. The van der Waals surface area contributed by atoms with Crippen LogP contribution in [-0.4, -0.2) is 24.5 Å². The van der Waals surface area contributed by atoms with Gasteiger partial charge < -0.3 is 15.0 Å². The quantitative estimate of drug-likeness (QED) is 0.351. The summed E-state index contributed by atoms with van der Waals surface area (Å²) in [5.41, 5.74) is 3.40. The Hall–Kier alpha value is -3.71. The van der Waals surface area contributed by atoms with Crippen molar-refractivity contribution in [1.29, 1.82) is 0 Å². The first kappa shape index (κ1) is 22.5. The lowest BCUT2D eigenvalue weighted by molar-refractivity contribution is -0.120. The molecule has 0 spiro atoms. The topological polar surface area (TPSA) is 54.5 Å². The van der Waals surface area contributed by atoms with E-state index in [2.05, 4.69) is 5.32 Å². The van der Waals surface area contributed by atoms with Crippen LogP contribution in [0.3, 0.4) is 0 Å². The SMILES string of the molecule is COc1ccc(N(CC(=O)N[C@@H](C)c2ccccc2)c2nc(-c3ccc(F)cc3)cs2)cc1. The fourth-order valence-electron chi connectivity index (χ4n) is 3.43. The Kier molecular flexibility index (Phi) is 7.00. The van der Waals surface area contributed by atoms with Crippen molar-refractivity contribution in [1.82, 2.24) is 10.3 Å². The molecule has 1 heterocycles. The maximum Gasteiger partial charge on any atom is 0.240 e. The monoisotopic (exact) mass is 461 g/mol. The predicted molar refractivity (Wildman–Crippen MR) is 131 cm³/mol. The van der Waals surface area contributed by atoms with Gasteiger partial charge in [-0.3, -0.25) is 4.79 Å². The fourth-order valence-corrected chi connectivity index (χ4v) is 4.28. The third kappa shape index (κ3) is 5.56. The van der Waals surface area contributed by atoms with Crippen LogP contribution < -0.4 is 15.0 Å². The van der Waals surface area contributed by atoms with Crippen molar-refractivity contribution in [2.24, 2.45) is 0 Å². The molecule has 4 rings (SSSR count). The van der Waals surface area contributed by atoms with E-state index in [4.69, 9.17) is 9.72 Å². The summed E-state index contributed by atoms with van der Waals surface area (Å²) in [4.78, 5) is 19.6. The third-order valence-electron chi connectivity index (χ3n) is 5.23. The number of rotatable bonds is 8. The Bertz CT molecular complexity index is 1190. The molecular formula is C26H24FN3O2S. The van der Waals surface area contributed by atoms with Crippen LogP contribution in [-0.2, 0) is 4.79 Å². The molecule has 33 heavy (non-hydrogen) atoms. The van der Waals surface area contributed by atoms with E-state index in [-0.39, 0.29) is 24.3 Å². The molecule has 0 bridgehead atoms.